The van der Waals surface area contributed by atoms with Gasteiger partial charge in [-0.2, -0.15) is 31.0 Å². The van der Waals surface area contributed by atoms with E-state index >= 15 is 0 Å². The molecule has 6 nitrogen and oxygen atoms in total. The summed E-state index contributed by atoms with van der Waals surface area (Å²) in [6, 6.07) is 14.6. The van der Waals surface area contributed by atoms with Gasteiger partial charge in [0.25, 0.3) is 0 Å². The normalized spacial score (nSPS) is 19.0. The van der Waals surface area contributed by atoms with Crippen LogP contribution in [0.4, 0.5) is 11.4 Å². The van der Waals surface area contributed by atoms with Crippen LogP contribution < -0.4 is 0 Å². The fraction of sp³-hybridized carbons (Fsp3) is 0. The van der Waals surface area contributed by atoms with Crippen LogP contribution in [0.5, 0.6) is 0 Å². The van der Waals surface area contributed by atoms with Crippen molar-refractivity contribution in [2.75, 3.05) is 0 Å². The van der Waals surface area contributed by atoms with Crippen molar-refractivity contribution in [1.82, 2.24) is 0 Å². The second-order valence-corrected chi connectivity index (χ2v) is 7.39. The van der Waals surface area contributed by atoms with Crippen LogP contribution in [0.25, 0.3) is 0 Å². The van der Waals surface area contributed by atoms with Gasteiger partial charge >= 0.3 is 0 Å². The molecule has 30 heavy (non-hydrogen) atoms. The molecule has 0 aromatic heterocycles. The molecule has 1 aliphatic carbocycles. The van der Waals surface area contributed by atoms with E-state index in [-0.39, 0.29) is 0 Å². The smallest absolute Gasteiger partial charge is 0.138 e. The van der Waals surface area contributed by atoms with Crippen LogP contribution in [0, 0.1) is 21.3 Å². The van der Waals surface area contributed by atoms with Crippen molar-refractivity contribution in [3.05, 3.63) is 96.4 Å². The lowest BCUT2D eigenvalue weighted by Gasteiger charge is -1.98. The minimum Gasteiger partial charge on any atom is -0.185 e. The summed E-state index contributed by atoms with van der Waals surface area (Å²) in [6.07, 6.45) is 11.0. The number of thioether (sulfide) groups is 2. The lowest BCUT2D eigenvalue weighted by Crippen LogP contribution is -1.77. The van der Waals surface area contributed by atoms with Gasteiger partial charge in [0.05, 0.1) is 22.8 Å². The van der Waals surface area contributed by atoms with Crippen molar-refractivity contribution in [2.24, 2.45) is 20.5 Å². The molecule has 1 aliphatic rings. The Morgan fingerprint density at radius 1 is 0.567 bits per heavy atom. The molecule has 3 rings (SSSR count). The molecule has 2 aromatic rings. The number of benzene rings is 2. The van der Waals surface area contributed by atoms with Gasteiger partial charge in [0, 0.05) is 9.79 Å². The number of hydrogen-bond donors (Lipinski definition) is 0. The number of thiocyanates is 2. The van der Waals surface area contributed by atoms with Gasteiger partial charge in [-0.15, -0.1) is 0 Å². The second kappa shape index (κ2) is 11.3. The largest absolute Gasteiger partial charge is 0.185 e. The minimum absolute atomic E-state index is 0.667. The average molecular weight is 427 g/mol. The molecule has 0 fully saturated rings. The van der Waals surface area contributed by atoms with Crippen molar-refractivity contribution < 1.29 is 0 Å². The monoisotopic (exact) mass is 426 g/mol. The summed E-state index contributed by atoms with van der Waals surface area (Å²) in [5.74, 6) is 0. The zero-order valence-electron chi connectivity index (χ0n) is 15.6. The highest BCUT2D eigenvalue weighted by atomic mass is 32.2. The van der Waals surface area contributed by atoms with Gasteiger partial charge in [-0.25, -0.2) is 0 Å². The molecule has 0 saturated heterocycles. The minimum atomic E-state index is 0.667. The van der Waals surface area contributed by atoms with Gasteiger partial charge in [0.1, 0.15) is 10.8 Å². The molecule has 0 N–H and O–H groups in total. The first-order chi connectivity index (χ1) is 14.8. The first-order valence-electron chi connectivity index (χ1n) is 8.69. The van der Waals surface area contributed by atoms with E-state index < -0.39 is 0 Å². The number of allylic oxidation sites excluding steroid dienone is 6. The average Bonchev–Trinajstić information content (AvgIpc) is 2.75. The molecule has 2 aromatic carbocycles. The summed E-state index contributed by atoms with van der Waals surface area (Å²) in [5.41, 5.74) is 2.73. The topological polar surface area (TPSA) is 97.0 Å². The van der Waals surface area contributed by atoms with Gasteiger partial charge in [-0.1, -0.05) is 12.2 Å². The van der Waals surface area contributed by atoms with Crippen LogP contribution in [0.3, 0.4) is 0 Å². The van der Waals surface area contributed by atoms with Gasteiger partial charge in [0.15, 0.2) is 0 Å². The third-order valence-electron chi connectivity index (χ3n) is 3.63. The zero-order valence-corrected chi connectivity index (χ0v) is 17.2. The second-order valence-electron chi connectivity index (χ2n) is 5.68. The lowest BCUT2D eigenvalue weighted by molar-refractivity contribution is 1.14. The molecule has 0 atom stereocenters. The fourth-order valence-electron chi connectivity index (χ4n) is 2.22. The van der Waals surface area contributed by atoms with Crippen molar-refractivity contribution in [2.45, 2.75) is 9.79 Å². The molecular weight excluding hydrogens is 412 g/mol. The molecule has 0 unspecified atom stereocenters. The van der Waals surface area contributed by atoms with Gasteiger partial charge in [-0.05, 0) is 96.4 Å². The van der Waals surface area contributed by atoms with E-state index in [0.29, 0.717) is 22.8 Å². The number of azo groups is 2. The summed E-state index contributed by atoms with van der Waals surface area (Å²) in [5, 5.41) is 38.4. The first-order valence-corrected chi connectivity index (χ1v) is 10.3. The first kappa shape index (κ1) is 21.0. The number of nitriles is 2. The maximum absolute atomic E-state index is 8.69. The van der Waals surface area contributed by atoms with E-state index in [4.69, 9.17) is 10.5 Å². The van der Waals surface area contributed by atoms with Gasteiger partial charge < -0.3 is 0 Å². The quantitative estimate of drug-likeness (QED) is 0.270. The Hall–Kier alpha value is -3.72. The lowest BCUT2D eigenvalue weighted by atomic mass is 10.2. The standard InChI is InChI=1S/C22H14N6S2/c23-15-29-21-11-7-19(8-12-21)27-25-17-3-1-2-4-18(6-5-17)26-28-20-9-13-22(14-10-20)30-16-24/h1-14H/b2-1-,3-1?,4-2?,6-5-,17-3+,17-5?,18-4+,18-6?,27-25?,28-26?. The summed E-state index contributed by atoms with van der Waals surface area (Å²) in [7, 11) is 0. The molecule has 0 aliphatic heterocycles. The summed E-state index contributed by atoms with van der Waals surface area (Å²) < 4.78 is 0. The third-order valence-corrected chi connectivity index (χ3v) is 4.83. The van der Waals surface area contributed by atoms with E-state index in [2.05, 4.69) is 20.5 Å². The van der Waals surface area contributed by atoms with E-state index in [1.807, 2.05) is 95.8 Å². The summed E-state index contributed by atoms with van der Waals surface area (Å²) in [6.45, 7) is 0. The maximum Gasteiger partial charge on any atom is 0.138 e. The predicted molar refractivity (Wildman–Crippen MR) is 119 cm³/mol. The number of rotatable bonds is 6. The van der Waals surface area contributed by atoms with Crippen LogP contribution in [-0.4, -0.2) is 0 Å². The van der Waals surface area contributed by atoms with Crippen molar-refractivity contribution in [3.8, 4) is 10.8 Å². The molecule has 0 bridgehead atoms. The van der Waals surface area contributed by atoms with Crippen LogP contribution in [0.2, 0.25) is 0 Å². The van der Waals surface area contributed by atoms with Crippen molar-refractivity contribution in [1.29, 1.82) is 10.5 Å². The van der Waals surface area contributed by atoms with Crippen LogP contribution in [0.15, 0.2) is 127 Å². The van der Waals surface area contributed by atoms with Crippen LogP contribution >= 0.6 is 23.5 Å². The van der Waals surface area contributed by atoms with Gasteiger partial charge in [0.2, 0.25) is 0 Å². The molecule has 0 radical (unpaired) electrons. The predicted octanol–water partition coefficient (Wildman–Crippen LogP) is 7.59. The molecule has 0 spiro atoms. The Kier molecular flexibility index (Phi) is 7.93. The highest BCUT2D eigenvalue weighted by Crippen LogP contribution is 2.23. The Labute approximate surface area is 182 Å². The van der Waals surface area contributed by atoms with Gasteiger partial charge in [-0.3, -0.25) is 0 Å². The molecular formula is C22H14N6S2. The van der Waals surface area contributed by atoms with E-state index in [9.17, 15) is 0 Å². The van der Waals surface area contributed by atoms with Crippen molar-refractivity contribution in [3.63, 3.8) is 0 Å². The molecule has 0 heterocycles. The Bertz CT molecular complexity index is 1050. The van der Waals surface area contributed by atoms with Crippen LogP contribution in [-0.2, 0) is 0 Å². The van der Waals surface area contributed by atoms with E-state index in [0.717, 1.165) is 33.3 Å². The Morgan fingerprint density at radius 3 is 1.33 bits per heavy atom. The maximum atomic E-state index is 8.69. The Balaban J connectivity index is 1.65. The SMILES string of the molecule is N#CSc1ccc(N=NC2=C/C=C\C=C(N=Nc3ccc(SC#N)cc3)/C=C\2)cc1. The molecule has 144 valence electrons. The molecule has 8 heteroatoms. The van der Waals surface area contributed by atoms with Crippen LogP contribution in [0.1, 0.15) is 0 Å². The summed E-state index contributed by atoms with van der Waals surface area (Å²) in [4.78, 5) is 1.73. The number of hydrogen-bond acceptors (Lipinski definition) is 8. The number of nitrogens with zero attached hydrogens (tertiary/aromatic N) is 6. The third kappa shape index (κ3) is 6.71. The highest BCUT2D eigenvalue weighted by molar-refractivity contribution is 8.04. The van der Waals surface area contributed by atoms with E-state index in [1.54, 1.807) is 0 Å². The zero-order chi connectivity index (χ0) is 21.0. The molecule has 0 saturated carbocycles. The fourth-order valence-corrected chi connectivity index (χ4v) is 2.98. The summed E-state index contributed by atoms with van der Waals surface area (Å²) >= 11 is 2.21. The Morgan fingerprint density at radius 2 is 0.967 bits per heavy atom. The highest BCUT2D eigenvalue weighted by Gasteiger charge is 1.97. The van der Waals surface area contributed by atoms with E-state index in [1.165, 1.54) is 0 Å². The molecule has 0 amide bonds. The van der Waals surface area contributed by atoms with Crippen molar-refractivity contribution >= 4 is 34.9 Å².